The summed E-state index contributed by atoms with van der Waals surface area (Å²) >= 11 is 0. The van der Waals surface area contributed by atoms with E-state index in [0.29, 0.717) is 31.5 Å². The lowest BCUT2D eigenvalue weighted by Gasteiger charge is -2.22. The second-order valence-electron chi connectivity index (χ2n) is 7.00. The average Bonchev–Trinajstić information content (AvgIpc) is 3.18. The Hall–Kier alpha value is -1.89. The molecule has 1 aliphatic rings. The van der Waals surface area contributed by atoms with E-state index in [1.54, 1.807) is 6.07 Å². The molecule has 2 unspecified atom stereocenters. The number of halogens is 1. The first-order valence-corrected chi connectivity index (χ1v) is 9.38. The van der Waals surface area contributed by atoms with Gasteiger partial charge in [-0.2, -0.15) is 5.10 Å². The summed E-state index contributed by atoms with van der Waals surface area (Å²) < 4.78 is 7.64. The Kier molecular flexibility index (Phi) is 8.78. The first-order valence-electron chi connectivity index (χ1n) is 9.38. The Morgan fingerprint density at radius 1 is 1.37 bits per heavy atom. The normalized spacial score (nSPS) is 17.7. The number of hydrogen-bond acceptors (Lipinski definition) is 4. The van der Waals surface area contributed by atoms with Gasteiger partial charge in [0, 0.05) is 19.3 Å². The lowest BCUT2D eigenvalue weighted by Crippen LogP contribution is -2.33. The van der Waals surface area contributed by atoms with Crippen LogP contribution in [-0.2, 0) is 11.3 Å². The van der Waals surface area contributed by atoms with E-state index in [9.17, 15) is 4.79 Å². The van der Waals surface area contributed by atoms with E-state index in [4.69, 9.17) is 4.74 Å². The second-order valence-corrected chi connectivity index (χ2v) is 7.00. The summed E-state index contributed by atoms with van der Waals surface area (Å²) in [6, 6.07) is 12.2. The maximum absolute atomic E-state index is 12.3. The van der Waals surface area contributed by atoms with Crippen molar-refractivity contribution in [1.82, 2.24) is 20.4 Å². The molecular weight excluding hydrogens is 364 g/mol. The minimum Gasteiger partial charge on any atom is -0.376 e. The van der Waals surface area contributed by atoms with Crippen LogP contribution in [0.5, 0.6) is 0 Å². The molecule has 0 aliphatic carbocycles. The topological polar surface area (TPSA) is 68.2 Å². The number of amides is 1. The zero-order chi connectivity index (χ0) is 18.2. The van der Waals surface area contributed by atoms with Gasteiger partial charge in [-0.25, -0.2) is 0 Å². The molecule has 0 saturated carbocycles. The van der Waals surface area contributed by atoms with Crippen molar-refractivity contribution in [3.05, 3.63) is 53.9 Å². The molecule has 0 spiro atoms. The summed E-state index contributed by atoms with van der Waals surface area (Å²) in [7, 11) is 0. The van der Waals surface area contributed by atoms with Crippen LogP contribution in [0.4, 0.5) is 0 Å². The molecule has 1 aromatic carbocycles. The number of benzene rings is 1. The Balaban J connectivity index is 0.00000261. The van der Waals surface area contributed by atoms with Crippen molar-refractivity contribution in [2.45, 2.75) is 32.4 Å². The molecule has 1 saturated heterocycles. The molecular formula is C20H29ClN4O2. The van der Waals surface area contributed by atoms with Gasteiger partial charge in [-0.3, -0.25) is 9.48 Å². The van der Waals surface area contributed by atoms with E-state index in [1.807, 2.05) is 41.2 Å². The number of carbonyl (C=O) groups is 1. The number of hydrogen-bond donors (Lipinski definition) is 2. The van der Waals surface area contributed by atoms with Gasteiger partial charge in [0.1, 0.15) is 5.69 Å². The highest BCUT2D eigenvalue weighted by molar-refractivity contribution is 5.92. The van der Waals surface area contributed by atoms with Crippen LogP contribution in [0.25, 0.3) is 0 Å². The van der Waals surface area contributed by atoms with Gasteiger partial charge in [0.05, 0.1) is 19.3 Å². The van der Waals surface area contributed by atoms with Crippen LogP contribution in [0.15, 0.2) is 42.6 Å². The van der Waals surface area contributed by atoms with Crippen LogP contribution in [0, 0.1) is 5.92 Å². The Morgan fingerprint density at radius 3 is 2.93 bits per heavy atom. The minimum absolute atomic E-state index is 0. The predicted molar refractivity (Wildman–Crippen MR) is 108 cm³/mol. The van der Waals surface area contributed by atoms with Crippen molar-refractivity contribution >= 4 is 18.3 Å². The van der Waals surface area contributed by atoms with Gasteiger partial charge in [0.2, 0.25) is 0 Å². The van der Waals surface area contributed by atoms with Crippen molar-refractivity contribution in [2.75, 3.05) is 26.2 Å². The average molecular weight is 393 g/mol. The molecule has 1 aliphatic heterocycles. The van der Waals surface area contributed by atoms with E-state index >= 15 is 0 Å². The predicted octanol–water partition coefficient (Wildman–Crippen LogP) is 2.81. The highest BCUT2D eigenvalue weighted by Crippen LogP contribution is 2.15. The number of aromatic nitrogens is 2. The second kappa shape index (κ2) is 11.1. The van der Waals surface area contributed by atoms with Crippen molar-refractivity contribution in [3.8, 4) is 0 Å². The van der Waals surface area contributed by atoms with Crippen LogP contribution in [-0.4, -0.2) is 41.9 Å². The fourth-order valence-corrected chi connectivity index (χ4v) is 3.09. The maximum atomic E-state index is 12.3. The van der Waals surface area contributed by atoms with Crippen LogP contribution in [0.3, 0.4) is 0 Å². The van der Waals surface area contributed by atoms with Crippen LogP contribution in [0.1, 0.15) is 41.9 Å². The molecule has 2 aromatic rings. The summed E-state index contributed by atoms with van der Waals surface area (Å²) in [5.74, 6) is 0.120. The molecule has 2 heterocycles. The molecule has 1 aromatic heterocycles. The van der Waals surface area contributed by atoms with E-state index in [0.717, 1.165) is 31.5 Å². The molecule has 1 amide bonds. The third-order valence-electron chi connectivity index (χ3n) is 4.61. The molecule has 3 rings (SSSR count). The van der Waals surface area contributed by atoms with Crippen molar-refractivity contribution in [1.29, 1.82) is 0 Å². The largest absolute Gasteiger partial charge is 0.376 e. The molecule has 2 atom stereocenters. The zero-order valence-corrected chi connectivity index (χ0v) is 16.6. The third kappa shape index (κ3) is 6.65. The van der Waals surface area contributed by atoms with Gasteiger partial charge in [-0.1, -0.05) is 37.3 Å². The van der Waals surface area contributed by atoms with Gasteiger partial charge in [-0.05, 0) is 36.9 Å². The Bertz CT molecular complexity index is 686. The van der Waals surface area contributed by atoms with Crippen molar-refractivity contribution in [2.24, 2.45) is 5.92 Å². The molecule has 0 radical (unpaired) electrons. The van der Waals surface area contributed by atoms with Gasteiger partial charge in [0.15, 0.2) is 0 Å². The van der Waals surface area contributed by atoms with Crippen molar-refractivity contribution < 1.29 is 9.53 Å². The lowest BCUT2D eigenvalue weighted by molar-refractivity contribution is 0.0840. The number of nitrogens with one attached hydrogen (secondary N) is 2. The molecule has 1 fully saturated rings. The highest BCUT2D eigenvalue weighted by Gasteiger charge is 2.17. The first-order chi connectivity index (χ1) is 12.7. The Morgan fingerprint density at radius 2 is 2.19 bits per heavy atom. The molecule has 2 N–H and O–H groups in total. The number of piperidine rings is 1. The Labute approximate surface area is 167 Å². The fraction of sp³-hybridized carbons (Fsp3) is 0.500. The van der Waals surface area contributed by atoms with E-state index in [-0.39, 0.29) is 24.2 Å². The molecule has 6 nitrogen and oxygen atoms in total. The van der Waals surface area contributed by atoms with Crippen molar-refractivity contribution in [3.63, 3.8) is 0 Å². The number of nitrogens with zero attached hydrogens (tertiary/aromatic N) is 2. The standard InChI is InChI=1S/C20H28N4O2.ClH/c1-16(14-26-15-17-6-3-2-4-7-17)12-22-20(25)19-9-11-24(23-19)18-8-5-10-21-13-18;/h2-4,6-7,9,11,16,18,21H,5,8,10,12-15H2,1H3,(H,22,25);1H. The van der Waals surface area contributed by atoms with Crippen LogP contribution in [0.2, 0.25) is 0 Å². The first kappa shape index (κ1) is 21.4. The summed E-state index contributed by atoms with van der Waals surface area (Å²) in [6.07, 6.45) is 4.15. The maximum Gasteiger partial charge on any atom is 0.271 e. The smallest absolute Gasteiger partial charge is 0.271 e. The monoisotopic (exact) mass is 392 g/mol. The number of ether oxygens (including phenoxy) is 1. The minimum atomic E-state index is -0.123. The van der Waals surface area contributed by atoms with Crippen LogP contribution < -0.4 is 10.6 Å². The van der Waals surface area contributed by atoms with Gasteiger partial charge in [-0.15, -0.1) is 12.4 Å². The van der Waals surface area contributed by atoms with E-state index in [1.165, 1.54) is 0 Å². The van der Waals surface area contributed by atoms with Crippen LogP contribution >= 0.6 is 12.4 Å². The lowest BCUT2D eigenvalue weighted by atomic mass is 10.1. The van der Waals surface area contributed by atoms with Gasteiger partial charge < -0.3 is 15.4 Å². The van der Waals surface area contributed by atoms with Gasteiger partial charge in [0.25, 0.3) is 5.91 Å². The molecule has 0 bridgehead atoms. The summed E-state index contributed by atoms with van der Waals surface area (Å²) in [5.41, 5.74) is 1.64. The molecule has 148 valence electrons. The molecule has 7 heteroatoms. The quantitative estimate of drug-likeness (QED) is 0.724. The fourth-order valence-electron chi connectivity index (χ4n) is 3.09. The van der Waals surface area contributed by atoms with E-state index in [2.05, 4.69) is 22.7 Å². The number of rotatable bonds is 8. The SMILES string of the molecule is CC(CNC(=O)c1ccn(C2CCCNC2)n1)COCc1ccccc1.Cl. The number of carbonyl (C=O) groups excluding carboxylic acids is 1. The summed E-state index contributed by atoms with van der Waals surface area (Å²) in [6.45, 7) is 5.83. The zero-order valence-electron chi connectivity index (χ0n) is 15.8. The third-order valence-corrected chi connectivity index (χ3v) is 4.61. The molecule has 27 heavy (non-hydrogen) atoms. The van der Waals surface area contributed by atoms with Gasteiger partial charge >= 0.3 is 0 Å². The summed E-state index contributed by atoms with van der Waals surface area (Å²) in [5, 5.41) is 10.8. The highest BCUT2D eigenvalue weighted by atomic mass is 35.5. The van der Waals surface area contributed by atoms with E-state index < -0.39 is 0 Å². The summed E-state index contributed by atoms with van der Waals surface area (Å²) in [4.78, 5) is 12.3.